The van der Waals surface area contributed by atoms with Crippen molar-refractivity contribution in [3.63, 3.8) is 0 Å². The first kappa shape index (κ1) is 23.8. The van der Waals surface area contributed by atoms with E-state index in [0.29, 0.717) is 38.4 Å². The smallest absolute Gasteiger partial charge is 0.321 e. The number of aromatic nitrogens is 1. The Balaban J connectivity index is 1.07. The van der Waals surface area contributed by atoms with E-state index in [1.54, 1.807) is 4.90 Å². The molecule has 1 aromatic heterocycles. The number of aliphatic hydroxyl groups is 1. The molecule has 1 atom stereocenters. The van der Waals surface area contributed by atoms with Crippen molar-refractivity contribution in [2.24, 2.45) is 5.92 Å². The first-order valence-electron chi connectivity index (χ1n) is 12.4. The van der Waals surface area contributed by atoms with Gasteiger partial charge in [-0.05, 0) is 74.4 Å². The Labute approximate surface area is 203 Å². The van der Waals surface area contributed by atoms with Crippen molar-refractivity contribution < 1.29 is 18.7 Å². The molecule has 0 aliphatic carbocycles. The van der Waals surface area contributed by atoms with Gasteiger partial charge in [0, 0.05) is 48.5 Å². The highest BCUT2D eigenvalue weighted by molar-refractivity contribution is 5.89. The van der Waals surface area contributed by atoms with Crippen molar-refractivity contribution in [1.82, 2.24) is 14.8 Å². The molecule has 3 heterocycles. The molecule has 0 spiro atoms. The molecule has 3 N–H and O–H groups in total. The minimum absolute atomic E-state index is 0.102. The van der Waals surface area contributed by atoms with Gasteiger partial charge in [0.15, 0.2) is 0 Å². The molecule has 0 radical (unpaired) electrons. The zero-order valence-corrected chi connectivity index (χ0v) is 19.7. The number of hydrogen-bond donors (Lipinski definition) is 3. The fraction of sp³-hybridized carbons (Fsp3) is 0.444. The highest BCUT2D eigenvalue weighted by Gasteiger charge is 2.30. The van der Waals surface area contributed by atoms with Crippen molar-refractivity contribution in [3.8, 4) is 0 Å². The van der Waals surface area contributed by atoms with Crippen LogP contribution in [0.3, 0.4) is 0 Å². The van der Waals surface area contributed by atoms with Crippen LogP contribution in [-0.2, 0) is 0 Å². The van der Waals surface area contributed by atoms with Gasteiger partial charge in [-0.3, -0.25) is 0 Å². The Kier molecular flexibility index (Phi) is 7.02. The molecule has 2 saturated heterocycles. The molecule has 2 aromatic carbocycles. The quantitative estimate of drug-likeness (QED) is 0.483. The number of piperidine rings is 2. The van der Waals surface area contributed by atoms with Gasteiger partial charge in [0.05, 0.1) is 6.10 Å². The van der Waals surface area contributed by atoms with Gasteiger partial charge < -0.3 is 25.2 Å². The number of halogens is 2. The standard InChI is InChI=1S/C27H32F2N4O2/c28-20-13-21(29)15-22(14-20)31-27(35)33-11-7-19(8-12-33)26(34)17-32-9-5-18(6-10-32)24-16-30-25-4-2-1-3-23(24)25/h1-4,13-16,18-19,26,30,34H,5-12,17H2,(H,31,35). The second-order valence-corrected chi connectivity index (χ2v) is 9.84. The zero-order chi connectivity index (χ0) is 24.4. The van der Waals surface area contributed by atoms with Gasteiger partial charge in [0.2, 0.25) is 0 Å². The van der Waals surface area contributed by atoms with E-state index in [2.05, 4.69) is 45.7 Å². The normalized spacial score (nSPS) is 19.2. The number of nitrogens with zero attached hydrogens (tertiary/aromatic N) is 2. The maximum Gasteiger partial charge on any atom is 0.321 e. The number of carbonyl (C=O) groups is 1. The summed E-state index contributed by atoms with van der Waals surface area (Å²) in [6.07, 6.45) is 5.29. The number of likely N-dealkylation sites (tertiary alicyclic amines) is 2. The SMILES string of the molecule is O=C(Nc1cc(F)cc(F)c1)N1CCC(C(O)CN2CCC(c3c[nH]c4ccccc34)CC2)CC1. The van der Waals surface area contributed by atoms with Crippen LogP contribution in [0.2, 0.25) is 0 Å². The van der Waals surface area contributed by atoms with Crippen LogP contribution in [0.1, 0.15) is 37.2 Å². The maximum atomic E-state index is 13.4. The highest BCUT2D eigenvalue weighted by atomic mass is 19.1. The van der Waals surface area contributed by atoms with Gasteiger partial charge in [-0.25, -0.2) is 13.6 Å². The molecular formula is C27H32F2N4O2. The predicted octanol–water partition coefficient (Wildman–Crippen LogP) is 4.93. The van der Waals surface area contributed by atoms with Crippen molar-refractivity contribution in [3.05, 3.63) is 65.9 Å². The van der Waals surface area contributed by atoms with E-state index in [4.69, 9.17) is 0 Å². The maximum absolute atomic E-state index is 13.4. The number of hydrogen-bond acceptors (Lipinski definition) is 3. The van der Waals surface area contributed by atoms with Gasteiger partial charge in [-0.2, -0.15) is 0 Å². The van der Waals surface area contributed by atoms with Crippen LogP contribution < -0.4 is 5.32 Å². The summed E-state index contributed by atoms with van der Waals surface area (Å²) < 4.78 is 26.7. The zero-order valence-electron chi connectivity index (χ0n) is 19.7. The molecular weight excluding hydrogens is 450 g/mol. The number of β-amino-alcohol motifs (C(OH)–C–C–N with tert-alkyl or cyclic N) is 1. The van der Waals surface area contributed by atoms with Crippen LogP contribution >= 0.6 is 0 Å². The van der Waals surface area contributed by atoms with Gasteiger partial charge >= 0.3 is 6.03 Å². The summed E-state index contributed by atoms with van der Waals surface area (Å²) in [5.74, 6) is -0.787. The third-order valence-corrected chi connectivity index (χ3v) is 7.58. The van der Waals surface area contributed by atoms with Crippen molar-refractivity contribution in [1.29, 1.82) is 0 Å². The van der Waals surface area contributed by atoms with Crippen molar-refractivity contribution in [2.75, 3.05) is 38.0 Å². The number of amides is 2. The fourth-order valence-corrected chi connectivity index (χ4v) is 5.59. The number of anilines is 1. The highest BCUT2D eigenvalue weighted by Crippen LogP contribution is 2.33. The van der Waals surface area contributed by atoms with E-state index in [9.17, 15) is 18.7 Å². The van der Waals surface area contributed by atoms with E-state index in [1.807, 2.05) is 0 Å². The number of urea groups is 1. The molecule has 2 aliphatic heterocycles. The Hall–Kier alpha value is -2.97. The third kappa shape index (κ3) is 5.49. The topological polar surface area (TPSA) is 71.6 Å². The lowest BCUT2D eigenvalue weighted by Crippen LogP contribution is -2.46. The number of carbonyl (C=O) groups excluding carboxylic acids is 1. The minimum Gasteiger partial charge on any atom is -0.392 e. The van der Waals surface area contributed by atoms with E-state index in [1.165, 1.54) is 16.5 Å². The average molecular weight is 483 g/mol. The van der Waals surface area contributed by atoms with Crippen molar-refractivity contribution >= 4 is 22.6 Å². The number of fused-ring (bicyclic) bond motifs is 1. The van der Waals surface area contributed by atoms with Crippen LogP contribution in [0.4, 0.5) is 19.3 Å². The lowest BCUT2D eigenvalue weighted by Gasteiger charge is -2.38. The van der Waals surface area contributed by atoms with Crippen molar-refractivity contribution in [2.45, 2.75) is 37.7 Å². The number of rotatable bonds is 5. The summed E-state index contributed by atoms with van der Waals surface area (Å²) in [4.78, 5) is 19.9. The number of nitrogens with one attached hydrogen (secondary N) is 2. The summed E-state index contributed by atoms with van der Waals surface area (Å²) in [7, 11) is 0. The molecule has 8 heteroatoms. The van der Waals surface area contributed by atoms with Gasteiger partial charge in [0.25, 0.3) is 0 Å². The summed E-state index contributed by atoms with van der Waals surface area (Å²) in [5.41, 5.74) is 2.68. The van der Waals surface area contributed by atoms with E-state index in [0.717, 1.165) is 44.1 Å². The molecule has 2 aliphatic rings. The number of aromatic amines is 1. The third-order valence-electron chi connectivity index (χ3n) is 7.58. The summed E-state index contributed by atoms with van der Waals surface area (Å²) in [5, 5.41) is 14.8. The molecule has 5 rings (SSSR count). The van der Waals surface area contributed by atoms with Gasteiger partial charge in [-0.15, -0.1) is 0 Å². The van der Waals surface area contributed by atoms with Crippen LogP contribution in [-0.4, -0.2) is 64.7 Å². The first-order chi connectivity index (χ1) is 17.0. The molecule has 0 bridgehead atoms. The Morgan fingerprint density at radius 2 is 1.71 bits per heavy atom. The summed E-state index contributed by atoms with van der Waals surface area (Å²) >= 11 is 0. The monoisotopic (exact) mass is 482 g/mol. The second kappa shape index (κ2) is 10.3. The van der Waals surface area contributed by atoms with E-state index >= 15 is 0 Å². The summed E-state index contributed by atoms with van der Waals surface area (Å²) in [6, 6.07) is 11.0. The molecule has 186 valence electrons. The molecule has 0 saturated carbocycles. The van der Waals surface area contributed by atoms with Crippen LogP contribution in [0.5, 0.6) is 0 Å². The fourth-order valence-electron chi connectivity index (χ4n) is 5.59. The van der Waals surface area contributed by atoms with Gasteiger partial charge in [-0.1, -0.05) is 18.2 Å². The van der Waals surface area contributed by atoms with Crippen LogP contribution in [0.25, 0.3) is 10.9 Å². The molecule has 3 aromatic rings. The van der Waals surface area contributed by atoms with E-state index < -0.39 is 17.7 Å². The Morgan fingerprint density at radius 3 is 2.43 bits per heavy atom. The molecule has 2 amide bonds. The summed E-state index contributed by atoms with van der Waals surface area (Å²) in [6.45, 7) is 3.60. The second-order valence-electron chi connectivity index (χ2n) is 9.84. The van der Waals surface area contributed by atoms with Crippen LogP contribution in [0.15, 0.2) is 48.7 Å². The first-order valence-corrected chi connectivity index (χ1v) is 12.4. The predicted molar refractivity (Wildman–Crippen MR) is 132 cm³/mol. The molecule has 6 nitrogen and oxygen atoms in total. The Bertz CT molecular complexity index is 1150. The molecule has 35 heavy (non-hydrogen) atoms. The number of H-pyrrole nitrogens is 1. The number of benzene rings is 2. The van der Waals surface area contributed by atoms with E-state index in [-0.39, 0.29) is 17.6 Å². The number of aliphatic hydroxyl groups excluding tert-OH is 1. The Morgan fingerprint density at radius 1 is 1.03 bits per heavy atom. The minimum atomic E-state index is -0.729. The molecule has 2 fully saturated rings. The van der Waals surface area contributed by atoms with Crippen LogP contribution in [0, 0.1) is 17.6 Å². The largest absolute Gasteiger partial charge is 0.392 e. The molecule has 1 unspecified atom stereocenters. The lowest BCUT2D eigenvalue weighted by atomic mass is 9.87. The lowest BCUT2D eigenvalue weighted by molar-refractivity contribution is 0.0315. The number of para-hydroxylation sites is 1. The average Bonchev–Trinajstić information content (AvgIpc) is 3.28. The van der Waals surface area contributed by atoms with Gasteiger partial charge in [0.1, 0.15) is 11.6 Å².